The van der Waals surface area contributed by atoms with Crippen molar-refractivity contribution in [3.05, 3.63) is 68.8 Å². The summed E-state index contributed by atoms with van der Waals surface area (Å²) in [6.45, 7) is 14.4. The first-order chi connectivity index (χ1) is 17.0. The number of benzene rings is 2. The Balaban J connectivity index is 2.38. The second-order valence-corrected chi connectivity index (χ2v) is 15.5. The largest absolute Gasteiger partial charge is 0.493 e. The van der Waals surface area contributed by atoms with Crippen LogP contribution in [0.25, 0.3) is 12.2 Å². The Morgan fingerprint density at radius 1 is 1.06 bits per heavy atom. The van der Waals surface area contributed by atoms with Crippen molar-refractivity contribution in [2.75, 3.05) is 27.1 Å². The maximum atomic E-state index is 11.2. The average molecular weight is 514 g/mol. The molecule has 0 radical (unpaired) electrons. The molecule has 0 unspecified atom stereocenters. The molecule has 0 heterocycles. The van der Waals surface area contributed by atoms with Crippen molar-refractivity contribution in [1.82, 2.24) is 0 Å². The summed E-state index contributed by atoms with van der Waals surface area (Å²) in [5, 5.41) is 11.2. The van der Waals surface area contributed by atoms with E-state index in [0.29, 0.717) is 25.4 Å². The molecule has 0 N–H and O–H groups in total. The van der Waals surface area contributed by atoms with Crippen LogP contribution in [0.2, 0.25) is 25.7 Å². The van der Waals surface area contributed by atoms with Crippen LogP contribution in [0.1, 0.15) is 37.5 Å². The Kier molecular flexibility index (Phi) is 11.2. The van der Waals surface area contributed by atoms with Gasteiger partial charge in [0.25, 0.3) is 0 Å². The van der Waals surface area contributed by atoms with Gasteiger partial charge in [-0.25, -0.2) is 0 Å². The summed E-state index contributed by atoms with van der Waals surface area (Å²) in [5.74, 6) is 1.64. The lowest BCUT2D eigenvalue weighted by molar-refractivity contribution is -0.385. The summed E-state index contributed by atoms with van der Waals surface area (Å²) in [4.78, 5) is 10.8. The predicted molar refractivity (Wildman–Crippen MR) is 149 cm³/mol. The molecular formula is C28H39NO6Si. The molecule has 0 aliphatic heterocycles. The molecule has 2 aromatic rings. The summed E-state index contributed by atoms with van der Waals surface area (Å²) in [7, 11) is 0.263. The fraction of sp³-hybridized carbons (Fsp3) is 0.429. The van der Waals surface area contributed by atoms with Crippen LogP contribution < -0.4 is 14.2 Å². The van der Waals surface area contributed by atoms with Crippen LogP contribution in [0.3, 0.4) is 0 Å². The van der Waals surface area contributed by atoms with Gasteiger partial charge >= 0.3 is 5.69 Å². The van der Waals surface area contributed by atoms with Crippen LogP contribution in [0.5, 0.6) is 17.2 Å². The molecular weight excluding hydrogens is 474 g/mol. The van der Waals surface area contributed by atoms with Gasteiger partial charge in [0.05, 0.1) is 18.6 Å². The van der Waals surface area contributed by atoms with E-state index in [-0.39, 0.29) is 18.2 Å². The van der Waals surface area contributed by atoms with Gasteiger partial charge in [-0.3, -0.25) is 10.1 Å². The quantitative estimate of drug-likeness (QED) is 0.0499. The van der Waals surface area contributed by atoms with Crippen LogP contribution in [-0.2, 0) is 11.2 Å². The van der Waals surface area contributed by atoms with E-state index in [1.54, 1.807) is 12.1 Å². The monoisotopic (exact) mass is 513 g/mol. The first kappa shape index (κ1) is 29.1. The molecule has 36 heavy (non-hydrogen) atoms. The number of allylic oxidation sites excluding steroid dienone is 2. The molecule has 0 amide bonds. The van der Waals surface area contributed by atoms with E-state index in [2.05, 4.69) is 39.6 Å². The topological polar surface area (TPSA) is 80.1 Å². The van der Waals surface area contributed by atoms with E-state index < -0.39 is 13.0 Å². The minimum absolute atomic E-state index is 0.0675. The zero-order chi connectivity index (χ0) is 26.7. The standard InChI is InChI=1S/C28H39NO6Si/c1-8-34-27-19-24(35-20-33-15-16-36(5,6)7)18-23(25(27)13-9-21(2)3)12-10-22-11-14-26(29(30)31)28(17-22)32-4/h9-12,14,17-19H,8,13,15-16,20H2,1-7H3/b12-10+. The van der Waals surface area contributed by atoms with E-state index in [1.807, 2.05) is 31.2 Å². The molecule has 2 rings (SSSR count). The summed E-state index contributed by atoms with van der Waals surface area (Å²) in [5.41, 5.74) is 3.90. The lowest BCUT2D eigenvalue weighted by Crippen LogP contribution is -2.22. The Hall–Kier alpha value is -3.10. The second-order valence-electron chi connectivity index (χ2n) is 9.91. The summed E-state index contributed by atoms with van der Waals surface area (Å²) < 4.78 is 22.8. The third kappa shape index (κ3) is 9.51. The van der Waals surface area contributed by atoms with Crippen LogP contribution in [-0.4, -0.2) is 40.1 Å². The smallest absolute Gasteiger partial charge is 0.310 e. The van der Waals surface area contributed by atoms with Gasteiger partial charge in [-0.05, 0) is 62.6 Å². The molecule has 0 bridgehead atoms. The summed E-state index contributed by atoms with van der Waals surface area (Å²) in [6.07, 6.45) is 6.73. The SMILES string of the molecule is CCOc1cc(OCOCC[Si](C)(C)C)cc(/C=C/c2ccc([N+](=O)[O-])c(OC)c2)c1CC=C(C)C. The van der Waals surface area contributed by atoms with E-state index in [1.165, 1.54) is 18.7 Å². The minimum atomic E-state index is -1.16. The molecule has 0 spiro atoms. The number of nitro benzene ring substituents is 1. The van der Waals surface area contributed by atoms with E-state index >= 15 is 0 Å². The van der Waals surface area contributed by atoms with Crippen molar-refractivity contribution >= 4 is 25.9 Å². The van der Waals surface area contributed by atoms with Gasteiger partial charge in [-0.1, -0.05) is 43.4 Å². The zero-order valence-electron chi connectivity index (χ0n) is 22.6. The lowest BCUT2D eigenvalue weighted by atomic mass is 10.00. The van der Waals surface area contributed by atoms with Gasteiger partial charge in [0.1, 0.15) is 11.5 Å². The second kappa shape index (κ2) is 13.8. The van der Waals surface area contributed by atoms with Crippen molar-refractivity contribution in [3.8, 4) is 17.2 Å². The molecule has 2 aromatic carbocycles. The number of rotatable bonds is 14. The number of nitro groups is 1. The van der Waals surface area contributed by atoms with Crippen molar-refractivity contribution in [1.29, 1.82) is 0 Å². The maximum absolute atomic E-state index is 11.2. The van der Waals surface area contributed by atoms with Crippen LogP contribution in [0.15, 0.2) is 42.0 Å². The molecule has 0 atom stereocenters. The van der Waals surface area contributed by atoms with Gasteiger partial charge in [-0.2, -0.15) is 0 Å². The minimum Gasteiger partial charge on any atom is -0.493 e. The van der Waals surface area contributed by atoms with Gasteiger partial charge < -0.3 is 18.9 Å². The average Bonchev–Trinajstić information content (AvgIpc) is 2.80. The van der Waals surface area contributed by atoms with Crippen molar-refractivity contribution in [2.24, 2.45) is 0 Å². The molecule has 0 aliphatic carbocycles. The predicted octanol–water partition coefficient (Wildman–Crippen LogP) is 7.37. The fourth-order valence-corrected chi connectivity index (χ4v) is 4.12. The zero-order valence-corrected chi connectivity index (χ0v) is 23.6. The summed E-state index contributed by atoms with van der Waals surface area (Å²) >= 11 is 0. The van der Waals surface area contributed by atoms with Gasteiger partial charge in [0.15, 0.2) is 12.5 Å². The number of hydrogen-bond acceptors (Lipinski definition) is 6. The molecule has 0 aromatic heterocycles. The van der Waals surface area contributed by atoms with Crippen LogP contribution in [0.4, 0.5) is 5.69 Å². The molecule has 196 valence electrons. The van der Waals surface area contributed by atoms with Crippen molar-refractivity contribution in [3.63, 3.8) is 0 Å². The molecule has 0 aliphatic rings. The molecule has 0 saturated carbocycles. The van der Waals surface area contributed by atoms with Gasteiger partial charge in [-0.15, -0.1) is 0 Å². The third-order valence-corrected chi connectivity index (χ3v) is 7.10. The highest BCUT2D eigenvalue weighted by molar-refractivity contribution is 6.76. The molecule has 0 saturated heterocycles. The third-order valence-electron chi connectivity index (χ3n) is 5.39. The number of methoxy groups -OCH3 is 1. The van der Waals surface area contributed by atoms with E-state index in [4.69, 9.17) is 18.9 Å². The molecule has 0 fully saturated rings. The Bertz CT molecular complexity index is 1080. The van der Waals surface area contributed by atoms with Crippen LogP contribution in [0, 0.1) is 10.1 Å². The fourth-order valence-electron chi connectivity index (χ4n) is 3.36. The van der Waals surface area contributed by atoms with E-state index in [9.17, 15) is 10.1 Å². The first-order valence-corrected chi connectivity index (χ1v) is 15.9. The molecule has 8 heteroatoms. The van der Waals surface area contributed by atoms with Crippen molar-refractivity contribution in [2.45, 2.75) is 52.9 Å². The Morgan fingerprint density at radius 2 is 1.81 bits per heavy atom. The summed E-state index contributed by atoms with van der Waals surface area (Å²) in [6, 6.07) is 9.76. The highest BCUT2D eigenvalue weighted by atomic mass is 28.3. The van der Waals surface area contributed by atoms with Gasteiger partial charge in [0.2, 0.25) is 0 Å². The number of hydrogen-bond donors (Lipinski definition) is 0. The maximum Gasteiger partial charge on any atom is 0.310 e. The number of ether oxygens (including phenoxy) is 4. The highest BCUT2D eigenvalue weighted by Crippen LogP contribution is 2.33. The van der Waals surface area contributed by atoms with Crippen LogP contribution >= 0.6 is 0 Å². The lowest BCUT2D eigenvalue weighted by Gasteiger charge is -2.17. The first-order valence-electron chi connectivity index (χ1n) is 12.2. The highest BCUT2D eigenvalue weighted by Gasteiger charge is 2.15. The number of nitrogens with zero attached hydrogens (tertiary/aromatic N) is 1. The molecule has 7 nitrogen and oxygen atoms in total. The normalized spacial score (nSPS) is 11.4. The Morgan fingerprint density at radius 3 is 2.42 bits per heavy atom. The van der Waals surface area contributed by atoms with E-state index in [0.717, 1.165) is 28.5 Å². The van der Waals surface area contributed by atoms with Crippen molar-refractivity contribution < 1.29 is 23.9 Å². The van der Waals surface area contributed by atoms with Gasteiger partial charge in [0, 0.05) is 32.4 Å². The Labute approximate surface area is 215 Å².